The van der Waals surface area contributed by atoms with E-state index in [1.165, 1.54) is 0 Å². The monoisotopic (exact) mass is 330 g/mol. The standard InChI is InChI=1S/C15H22N2O2S.ClH/c1-10-9-17(7-6-16-10)15(19)5-4-14(18)13-8-11(2)20-12(13)3;/h8,10,16H,4-7,9H2,1-3H3;1H. The molecule has 1 N–H and O–H groups in total. The maximum absolute atomic E-state index is 12.2. The van der Waals surface area contributed by atoms with Crippen molar-refractivity contribution in [2.75, 3.05) is 19.6 Å². The first-order valence-corrected chi connectivity index (χ1v) is 7.90. The maximum atomic E-state index is 12.2. The Morgan fingerprint density at radius 3 is 2.67 bits per heavy atom. The quantitative estimate of drug-likeness (QED) is 0.863. The number of piperazine rings is 1. The van der Waals surface area contributed by atoms with Gasteiger partial charge in [0, 0.05) is 53.8 Å². The molecule has 4 nitrogen and oxygen atoms in total. The highest BCUT2D eigenvalue weighted by Gasteiger charge is 2.21. The summed E-state index contributed by atoms with van der Waals surface area (Å²) in [4.78, 5) is 28.3. The van der Waals surface area contributed by atoms with Gasteiger partial charge in [0.1, 0.15) is 0 Å². The summed E-state index contributed by atoms with van der Waals surface area (Å²) in [7, 11) is 0. The second-order valence-electron chi connectivity index (χ2n) is 5.45. The molecule has 1 aromatic rings. The van der Waals surface area contributed by atoms with Crippen molar-refractivity contribution < 1.29 is 9.59 Å². The molecule has 1 aliphatic heterocycles. The molecule has 1 fully saturated rings. The van der Waals surface area contributed by atoms with E-state index >= 15 is 0 Å². The van der Waals surface area contributed by atoms with Crippen molar-refractivity contribution in [1.82, 2.24) is 10.2 Å². The van der Waals surface area contributed by atoms with E-state index in [9.17, 15) is 9.59 Å². The van der Waals surface area contributed by atoms with Crippen molar-refractivity contribution in [3.63, 3.8) is 0 Å². The molecule has 1 amide bonds. The van der Waals surface area contributed by atoms with Gasteiger partial charge in [-0.1, -0.05) is 0 Å². The first-order chi connectivity index (χ1) is 9.47. The average Bonchev–Trinajstić information content (AvgIpc) is 2.74. The molecule has 2 rings (SSSR count). The fraction of sp³-hybridized carbons (Fsp3) is 0.600. The smallest absolute Gasteiger partial charge is 0.223 e. The van der Waals surface area contributed by atoms with E-state index in [-0.39, 0.29) is 24.1 Å². The zero-order valence-electron chi connectivity index (χ0n) is 12.8. The lowest BCUT2D eigenvalue weighted by atomic mass is 10.1. The van der Waals surface area contributed by atoms with Crippen molar-refractivity contribution in [3.8, 4) is 0 Å². The first kappa shape index (κ1) is 18.1. The fourth-order valence-corrected chi connectivity index (χ4v) is 3.52. The molecule has 1 unspecified atom stereocenters. The lowest BCUT2D eigenvalue weighted by Crippen LogP contribution is -2.51. The molecular weight excluding hydrogens is 308 g/mol. The predicted molar refractivity (Wildman–Crippen MR) is 88.7 cm³/mol. The van der Waals surface area contributed by atoms with Crippen molar-refractivity contribution in [1.29, 1.82) is 0 Å². The third kappa shape index (κ3) is 4.80. The summed E-state index contributed by atoms with van der Waals surface area (Å²) in [6, 6.07) is 2.27. The number of ketones is 1. The number of Topliss-reactive ketones (excluding diaryl/α,β-unsaturated/α-hetero) is 1. The van der Waals surface area contributed by atoms with Gasteiger partial charge in [0.05, 0.1) is 0 Å². The van der Waals surface area contributed by atoms with Gasteiger partial charge in [0.15, 0.2) is 5.78 Å². The molecule has 6 heteroatoms. The molecule has 0 bridgehead atoms. The minimum atomic E-state index is 0. The van der Waals surface area contributed by atoms with Gasteiger partial charge in [0.2, 0.25) is 5.91 Å². The third-order valence-corrected chi connectivity index (χ3v) is 4.59. The molecule has 0 aromatic carbocycles. The van der Waals surface area contributed by atoms with Crippen LogP contribution in [0.15, 0.2) is 6.07 Å². The molecule has 1 aliphatic rings. The van der Waals surface area contributed by atoms with Crippen molar-refractivity contribution in [2.45, 2.75) is 39.7 Å². The number of carbonyl (C=O) groups excluding carboxylic acids is 2. The van der Waals surface area contributed by atoms with Crippen molar-refractivity contribution >= 4 is 35.4 Å². The van der Waals surface area contributed by atoms with E-state index in [0.29, 0.717) is 18.9 Å². The molecule has 1 aromatic heterocycles. The Bertz CT molecular complexity index is 516. The molecule has 0 radical (unpaired) electrons. The van der Waals surface area contributed by atoms with Crippen LogP contribution in [0.3, 0.4) is 0 Å². The minimum absolute atomic E-state index is 0. The van der Waals surface area contributed by atoms with Crippen LogP contribution in [0.2, 0.25) is 0 Å². The van der Waals surface area contributed by atoms with Crippen molar-refractivity contribution in [2.24, 2.45) is 0 Å². The van der Waals surface area contributed by atoms with Crippen molar-refractivity contribution in [3.05, 3.63) is 21.4 Å². The number of nitrogens with one attached hydrogen (secondary N) is 1. The van der Waals surface area contributed by atoms with Gasteiger partial charge in [0.25, 0.3) is 0 Å². The van der Waals surface area contributed by atoms with Gasteiger partial charge >= 0.3 is 0 Å². The molecular formula is C15H23ClN2O2S. The second-order valence-corrected chi connectivity index (χ2v) is 6.91. The van der Waals surface area contributed by atoms with Gasteiger partial charge in [-0.15, -0.1) is 23.7 Å². The Kier molecular flexibility index (Phi) is 6.84. The third-order valence-electron chi connectivity index (χ3n) is 3.63. The van der Waals surface area contributed by atoms with Crippen LogP contribution in [0.1, 0.15) is 39.9 Å². The number of amides is 1. The number of nitrogens with zero attached hydrogens (tertiary/aromatic N) is 1. The summed E-state index contributed by atoms with van der Waals surface area (Å²) < 4.78 is 0. The van der Waals surface area contributed by atoms with E-state index in [1.54, 1.807) is 11.3 Å². The SMILES string of the molecule is Cc1cc(C(=O)CCC(=O)N2CCNC(C)C2)c(C)s1.Cl. The van der Waals surface area contributed by atoms with Crippen LogP contribution in [0.25, 0.3) is 0 Å². The first-order valence-electron chi connectivity index (χ1n) is 7.08. The van der Waals surface area contributed by atoms with Gasteiger partial charge in [-0.2, -0.15) is 0 Å². The van der Waals surface area contributed by atoms with Crippen LogP contribution in [0.5, 0.6) is 0 Å². The average molecular weight is 331 g/mol. The molecule has 0 spiro atoms. The molecule has 1 saturated heterocycles. The van der Waals surface area contributed by atoms with E-state index in [4.69, 9.17) is 0 Å². The number of hydrogen-bond donors (Lipinski definition) is 1. The molecule has 21 heavy (non-hydrogen) atoms. The lowest BCUT2D eigenvalue weighted by molar-refractivity contribution is -0.132. The van der Waals surface area contributed by atoms with Crippen LogP contribution in [0, 0.1) is 13.8 Å². The van der Waals surface area contributed by atoms with Crippen LogP contribution in [0.4, 0.5) is 0 Å². The highest BCUT2D eigenvalue weighted by Crippen LogP contribution is 2.22. The summed E-state index contributed by atoms with van der Waals surface area (Å²) in [5, 5.41) is 3.31. The van der Waals surface area contributed by atoms with Crippen LogP contribution in [-0.2, 0) is 4.79 Å². The van der Waals surface area contributed by atoms with E-state index in [2.05, 4.69) is 12.2 Å². The topological polar surface area (TPSA) is 49.4 Å². The summed E-state index contributed by atoms with van der Waals surface area (Å²) in [6.07, 6.45) is 0.633. The Balaban J connectivity index is 0.00000220. The van der Waals surface area contributed by atoms with Gasteiger partial charge in [-0.05, 0) is 26.8 Å². The zero-order chi connectivity index (χ0) is 14.7. The molecule has 0 saturated carbocycles. The maximum Gasteiger partial charge on any atom is 0.223 e. The summed E-state index contributed by atoms with van der Waals surface area (Å²) >= 11 is 1.64. The summed E-state index contributed by atoms with van der Waals surface area (Å²) in [6.45, 7) is 8.36. The number of rotatable bonds is 4. The van der Waals surface area contributed by atoms with Crippen LogP contribution in [-0.4, -0.2) is 42.3 Å². The van der Waals surface area contributed by atoms with Gasteiger partial charge in [-0.3, -0.25) is 9.59 Å². The Morgan fingerprint density at radius 2 is 2.10 bits per heavy atom. The normalized spacial score (nSPS) is 18.2. The second kappa shape index (κ2) is 7.92. The van der Waals surface area contributed by atoms with Crippen LogP contribution < -0.4 is 5.32 Å². The Labute approximate surface area is 136 Å². The number of thiophene rings is 1. The number of aryl methyl sites for hydroxylation is 2. The molecule has 2 heterocycles. The number of halogens is 1. The van der Waals surface area contributed by atoms with E-state index < -0.39 is 0 Å². The zero-order valence-corrected chi connectivity index (χ0v) is 14.4. The molecule has 0 aliphatic carbocycles. The molecule has 1 atom stereocenters. The Hall–Kier alpha value is -0.910. The number of hydrogen-bond acceptors (Lipinski definition) is 4. The highest BCUT2D eigenvalue weighted by molar-refractivity contribution is 7.12. The molecule has 118 valence electrons. The highest BCUT2D eigenvalue weighted by atomic mass is 35.5. The summed E-state index contributed by atoms with van der Waals surface area (Å²) in [5.41, 5.74) is 0.786. The summed E-state index contributed by atoms with van der Waals surface area (Å²) in [5.74, 6) is 0.180. The minimum Gasteiger partial charge on any atom is -0.340 e. The van der Waals surface area contributed by atoms with Gasteiger partial charge in [-0.25, -0.2) is 0 Å². The Morgan fingerprint density at radius 1 is 1.38 bits per heavy atom. The van der Waals surface area contributed by atoms with Gasteiger partial charge < -0.3 is 10.2 Å². The predicted octanol–water partition coefficient (Wildman–Crippen LogP) is 2.57. The van der Waals surface area contributed by atoms with E-state index in [1.807, 2.05) is 24.8 Å². The largest absolute Gasteiger partial charge is 0.340 e. The van der Waals surface area contributed by atoms with Crippen LogP contribution >= 0.6 is 23.7 Å². The fourth-order valence-electron chi connectivity index (χ4n) is 2.58. The van der Waals surface area contributed by atoms with E-state index in [0.717, 1.165) is 35.0 Å². The lowest BCUT2D eigenvalue weighted by Gasteiger charge is -2.31. The number of carbonyl (C=O) groups is 2.